The molecule has 1 heterocycles. The predicted octanol–water partition coefficient (Wildman–Crippen LogP) is 1.08. The van der Waals surface area contributed by atoms with E-state index >= 15 is 0 Å². The van der Waals surface area contributed by atoms with Crippen molar-refractivity contribution in [2.24, 2.45) is 0 Å². The maximum Gasteiger partial charge on any atom is 0.358 e. The lowest BCUT2D eigenvalue weighted by atomic mass is 10.4. The van der Waals surface area contributed by atoms with E-state index in [1.807, 2.05) is 4.57 Å². The smallest absolute Gasteiger partial charge is 0.358 e. The number of aromatic nitrogens is 2. The van der Waals surface area contributed by atoms with Crippen LogP contribution < -0.4 is 0 Å². The SMILES string of the molecule is CCCn1cnc(C(=O)OC)c1. The number of hydrogen-bond acceptors (Lipinski definition) is 3. The normalized spacial score (nSPS) is 9.83. The van der Waals surface area contributed by atoms with E-state index < -0.39 is 0 Å². The minimum atomic E-state index is -0.384. The summed E-state index contributed by atoms with van der Waals surface area (Å²) in [4.78, 5) is 14.8. The topological polar surface area (TPSA) is 44.1 Å². The highest BCUT2D eigenvalue weighted by molar-refractivity contribution is 5.86. The summed E-state index contributed by atoms with van der Waals surface area (Å²) in [6, 6.07) is 0. The monoisotopic (exact) mass is 168 g/mol. The second-order valence-corrected chi connectivity index (χ2v) is 2.49. The average Bonchev–Trinajstić information content (AvgIpc) is 2.52. The lowest BCUT2D eigenvalue weighted by molar-refractivity contribution is 0.0594. The Kier molecular flexibility index (Phi) is 2.85. The van der Waals surface area contributed by atoms with Crippen molar-refractivity contribution in [2.45, 2.75) is 19.9 Å². The first-order valence-corrected chi connectivity index (χ1v) is 3.88. The van der Waals surface area contributed by atoms with E-state index in [4.69, 9.17) is 0 Å². The fourth-order valence-corrected chi connectivity index (χ4v) is 0.951. The van der Waals surface area contributed by atoms with E-state index in [0.717, 1.165) is 13.0 Å². The fourth-order valence-electron chi connectivity index (χ4n) is 0.951. The van der Waals surface area contributed by atoms with Crippen LogP contribution >= 0.6 is 0 Å². The molecule has 0 aliphatic heterocycles. The van der Waals surface area contributed by atoms with Crippen molar-refractivity contribution < 1.29 is 9.53 Å². The van der Waals surface area contributed by atoms with E-state index in [1.54, 1.807) is 12.5 Å². The van der Waals surface area contributed by atoms with Gasteiger partial charge in [-0.05, 0) is 6.42 Å². The maximum absolute atomic E-state index is 10.9. The molecule has 0 aliphatic carbocycles. The molecular weight excluding hydrogens is 156 g/mol. The third-order valence-corrected chi connectivity index (χ3v) is 1.51. The van der Waals surface area contributed by atoms with Gasteiger partial charge in [0.25, 0.3) is 0 Å². The van der Waals surface area contributed by atoms with E-state index in [1.165, 1.54) is 7.11 Å². The molecule has 1 rings (SSSR count). The first-order valence-electron chi connectivity index (χ1n) is 3.88. The quantitative estimate of drug-likeness (QED) is 0.634. The highest BCUT2D eigenvalue weighted by Gasteiger charge is 2.07. The number of esters is 1. The number of aryl methyl sites for hydroxylation is 1. The molecule has 0 atom stereocenters. The summed E-state index contributed by atoms with van der Waals surface area (Å²) in [5.74, 6) is -0.384. The standard InChI is InChI=1S/C8H12N2O2/c1-3-4-10-5-7(9-6-10)8(11)12-2/h5-6H,3-4H2,1-2H3. The summed E-state index contributed by atoms with van der Waals surface area (Å²) >= 11 is 0. The Bertz CT molecular complexity index is 268. The number of carbonyl (C=O) groups is 1. The highest BCUT2D eigenvalue weighted by Crippen LogP contribution is 1.98. The zero-order valence-corrected chi connectivity index (χ0v) is 7.28. The summed E-state index contributed by atoms with van der Waals surface area (Å²) in [6.07, 6.45) is 4.35. The summed E-state index contributed by atoms with van der Waals surface area (Å²) in [6.45, 7) is 2.95. The second-order valence-electron chi connectivity index (χ2n) is 2.49. The fraction of sp³-hybridized carbons (Fsp3) is 0.500. The Morgan fingerprint density at radius 2 is 2.50 bits per heavy atom. The van der Waals surface area contributed by atoms with Gasteiger partial charge < -0.3 is 9.30 Å². The van der Waals surface area contributed by atoms with Gasteiger partial charge in [-0.15, -0.1) is 0 Å². The molecule has 0 radical (unpaired) electrons. The molecule has 1 aromatic rings. The Balaban J connectivity index is 2.70. The first-order chi connectivity index (χ1) is 5.77. The van der Waals surface area contributed by atoms with Crippen LogP contribution in [-0.4, -0.2) is 22.6 Å². The summed E-state index contributed by atoms with van der Waals surface area (Å²) < 4.78 is 6.38. The zero-order valence-electron chi connectivity index (χ0n) is 7.28. The van der Waals surface area contributed by atoms with Crippen molar-refractivity contribution in [1.29, 1.82) is 0 Å². The van der Waals surface area contributed by atoms with Crippen LogP contribution in [0.5, 0.6) is 0 Å². The van der Waals surface area contributed by atoms with Gasteiger partial charge in [0.15, 0.2) is 5.69 Å². The summed E-state index contributed by atoms with van der Waals surface area (Å²) in [5, 5.41) is 0. The molecule has 0 amide bonds. The van der Waals surface area contributed by atoms with Crippen molar-refractivity contribution in [2.75, 3.05) is 7.11 Å². The minimum absolute atomic E-state index is 0.367. The van der Waals surface area contributed by atoms with E-state index in [-0.39, 0.29) is 5.97 Å². The molecule has 0 aliphatic rings. The van der Waals surface area contributed by atoms with Crippen LogP contribution in [0.25, 0.3) is 0 Å². The Morgan fingerprint density at radius 3 is 3.08 bits per heavy atom. The lowest BCUT2D eigenvalue weighted by Gasteiger charge is -1.95. The average molecular weight is 168 g/mol. The van der Waals surface area contributed by atoms with E-state index in [9.17, 15) is 4.79 Å². The highest BCUT2D eigenvalue weighted by atomic mass is 16.5. The van der Waals surface area contributed by atoms with Gasteiger partial charge in [0, 0.05) is 12.7 Å². The molecule has 66 valence electrons. The molecule has 4 heteroatoms. The number of imidazole rings is 1. The van der Waals surface area contributed by atoms with E-state index in [2.05, 4.69) is 16.6 Å². The third kappa shape index (κ3) is 1.84. The molecule has 0 saturated carbocycles. The summed E-state index contributed by atoms with van der Waals surface area (Å²) in [5.41, 5.74) is 0.367. The number of hydrogen-bond donors (Lipinski definition) is 0. The van der Waals surface area contributed by atoms with Gasteiger partial charge in [-0.25, -0.2) is 9.78 Å². The van der Waals surface area contributed by atoms with Gasteiger partial charge in [-0.1, -0.05) is 6.92 Å². The molecule has 0 fully saturated rings. The van der Waals surface area contributed by atoms with Crippen molar-refractivity contribution >= 4 is 5.97 Å². The lowest BCUT2D eigenvalue weighted by Crippen LogP contribution is -2.01. The number of nitrogens with zero attached hydrogens (tertiary/aromatic N) is 2. The van der Waals surface area contributed by atoms with Crippen molar-refractivity contribution in [3.8, 4) is 0 Å². The molecule has 0 N–H and O–H groups in total. The molecule has 4 nitrogen and oxygen atoms in total. The predicted molar refractivity (Wildman–Crippen MR) is 43.9 cm³/mol. The van der Waals surface area contributed by atoms with Crippen LogP contribution in [0.15, 0.2) is 12.5 Å². The van der Waals surface area contributed by atoms with Crippen LogP contribution in [0, 0.1) is 0 Å². The van der Waals surface area contributed by atoms with Gasteiger partial charge in [-0.2, -0.15) is 0 Å². The van der Waals surface area contributed by atoms with Crippen LogP contribution in [0.4, 0.5) is 0 Å². The van der Waals surface area contributed by atoms with Crippen molar-refractivity contribution in [1.82, 2.24) is 9.55 Å². The molecule has 0 aromatic carbocycles. The van der Waals surface area contributed by atoms with Gasteiger partial charge in [0.2, 0.25) is 0 Å². The Hall–Kier alpha value is -1.32. The summed E-state index contributed by atoms with van der Waals surface area (Å²) in [7, 11) is 1.35. The van der Waals surface area contributed by atoms with Gasteiger partial charge in [-0.3, -0.25) is 0 Å². The number of ether oxygens (including phenoxy) is 1. The largest absolute Gasteiger partial charge is 0.464 e. The third-order valence-electron chi connectivity index (χ3n) is 1.51. The first kappa shape index (κ1) is 8.77. The van der Waals surface area contributed by atoms with Crippen LogP contribution in [-0.2, 0) is 11.3 Å². The zero-order chi connectivity index (χ0) is 8.97. The second kappa shape index (κ2) is 3.90. The van der Waals surface area contributed by atoms with Gasteiger partial charge >= 0.3 is 5.97 Å². The maximum atomic E-state index is 10.9. The molecule has 12 heavy (non-hydrogen) atoms. The molecule has 1 aromatic heterocycles. The molecule has 0 saturated heterocycles. The van der Waals surface area contributed by atoms with Crippen LogP contribution in [0.2, 0.25) is 0 Å². The van der Waals surface area contributed by atoms with Crippen molar-refractivity contribution in [3.05, 3.63) is 18.2 Å². The minimum Gasteiger partial charge on any atom is -0.464 e. The van der Waals surface area contributed by atoms with Crippen molar-refractivity contribution in [3.63, 3.8) is 0 Å². The molecule has 0 bridgehead atoms. The van der Waals surface area contributed by atoms with Crippen LogP contribution in [0.1, 0.15) is 23.8 Å². The number of methoxy groups -OCH3 is 1. The Labute approximate surface area is 71.2 Å². The van der Waals surface area contributed by atoms with Gasteiger partial charge in [0.1, 0.15) is 0 Å². The molecular formula is C8H12N2O2. The number of carbonyl (C=O) groups excluding carboxylic acids is 1. The Morgan fingerprint density at radius 1 is 1.75 bits per heavy atom. The van der Waals surface area contributed by atoms with Crippen LogP contribution in [0.3, 0.4) is 0 Å². The van der Waals surface area contributed by atoms with Gasteiger partial charge in [0.05, 0.1) is 13.4 Å². The molecule has 0 spiro atoms. The number of rotatable bonds is 3. The van der Waals surface area contributed by atoms with E-state index in [0.29, 0.717) is 5.69 Å². The molecule has 0 unspecified atom stereocenters.